The van der Waals surface area contributed by atoms with Crippen molar-refractivity contribution < 1.29 is 4.79 Å². The Bertz CT molecular complexity index is 1260. The minimum absolute atomic E-state index is 0.0443. The summed E-state index contributed by atoms with van der Waals surface area (Å²) in [6.07, 6.45) is 5.60. The van der Waals surface area contributed by atoms with Gasteiger partial charge in [0.2, 0.25) is 0 Å². The fraction of sp³-hybridized carbons (Fsp3) is 0.0833. The number of anilines is 3. The molecule has 7 N–H and O–H groups in total. The zero-order valence-electron chi connectivity index (χ0n) is 17.3. The highest BCUT2D eigenvalue weighted by molar-refractivity contribution is 6.06. The van der Waals surface area contributed by atoms with Crippen molar-refractivity contribution in [1.82, 2.24) is 15.0 Å². The van der Waals surface area contributed by atoms with E-state index >= 15 is 0 Å². The maximum Gasteiger partial charge on any atom is 0.278 e. The molecule has 0 atom stereocenters. The van der Waals surface area contributed by atoms with Crippen LogP contribution in [0.25, 0.3) is 22.4 Å². The summed E-state index contributed by atoms with van der Waals surface area (Å²) in [5.41, 5.74) is 22.8. The van der Waals surface area contributed by atoms with Crippen molar-refractivity contribution >= 4 is 23.1 Å². The Hall–Kier alpha value is -4.30. The number of hydrogen-bond donors (Lipinski definition) is 4. The van der Waals surface area contributed by atoms with E-state index in [1.165, 1.54) is 0 Å². The number of carbonyl (C=O) groups is 1. The van der Waals surface area contributed by atoms with Crippen molar-refractivity contribution in [3.8, 4) is 22.4 Å². The molecule has 8 heteroatoms. The van der Waals surface area contributed by atoms with E-state index in [0.717, 1.165) is 28.7 Å². The van der Waals surface area contributed by atoms with Gasteiger partial charge in [0.05, 0.1) is 23.8 Å². The molecule has 0 aliphatic heterocycles. The summed E-state index contributed by atoms with van der Waals surface area (Å²) in [5, 5.41) is 2.80. The van der Waals surface area contributed by atoms with Crippen LogP contribution in [0.3, 0.4) is 0 Å². The van der Waals surface area contributed by atoms with Crippen LogP contribution in [0.5, 0.6) is 0 Å². The molecule has 0 aliphatic rings. The Morgan fingerprint density at radius 3 is 2.47 bits per heavy atom. The summed E-state index contributed by atoms with van der Waals surface area (Å²) in [5.74, 6) is -0.422. The summed E-state index contributed by atoms with van der Waals surface area (Å²) in [4.78, 5) is 25.7. The van der Waals surface area contributed by atoms with Crippen LogP contribution < -0.4 is 22.5 Å². The molecule has 0 bridgehead atoms. The van der Waals surface area contributed by atoms with Gasteiger partial charge in [-0.1, -0.05) is 36.4 Å². The van der Waals surface area contributed by atoms with E-state index in [0.29, 0.717) is 23.6 Å². The number of carbonyl (C=O) groups excluding carboxylic acids is 1. The molecule has 0 radical (unpaired) electrons. The zero-order valence-corrected chi connectivity index (χ0v) is 17.3. The lowest BCUT2D eigenvalue weighted by molar-refractivity contribution is 0.102. The Morgan fingerprint density at radius 2 is 1.72 bits per heavy atom. The summed E-state index contributed by atoms with van der Waals surface area (Å²) in [6, 6.07) is 17.0. The number of nitrogens with two attached hydrogens (primary N) is 3. The van der Waals surface area contributed by atoms with Gasteiger partial charge in [-0.25, -0.2) is 9.97 Å². The van der Waals surface area contributed by atoms with Gasteiger partial charge in [-0.3, -0.25) is 9.78 Å². The van der Waals surface area contributed by atoms with Crippen LogP contribution in [0.1, 0.15) is 16.1 Å². The first-order chi connectivity index (χ1) is 15.5. The van der Waals surface area contributed by atoms with Gasteiger partial charge in [-0.15, -0.1) is 0 Å². The van der Waals surface area contributed by atoms with Crippen molar-refractivity contribution in [3.05, 3.63) is 84.4 Å². The normalized spacial score (nSPS) is 10.7. The smallest absolute Gasteiger partial charge is 0.278 e. The second kappa shape index (κ2) is 9.23. The first-order valence-corrected chi connectivity index (χ1v) is 10.1. The third-order valence-corrected chi connectivity index (χ3v) is 4.91. The molecular formula is C24H23N7O. The third kappa shape index (κ3) is 4.71. The quantitative estimate of drug-likeness (QED) is 0.347. The van der Waals surface area contributed by atoms with E-state index in [1.54, 1.807) is 18.6 Å². The van der Waals surface area contributed by atoms with Crippen molar-refractivity contribution in [2.45, 2.75) is 6.42 Å². The second-order valence-electron chi connectivity index (χ2n) is 7.27. The molecule has 0 saturated heterocycles. The molecule has 2 aromatic heterocycles. The van der Waals surface area contributed by atoms with Crippen LogP contribution >= 0.6 is 0 Å². The predicted octanol–water partition coefficient (Wildman–Crippen LogP) is 3.12. The number of amides is 1. The molecule has 0 unspecified atom stereocenters. The second-order valence-corrected chi connectivity index (χ2v) is 7.27. The minimum atomic E-state index is -0.469. The summed E-state index contributed by atoms with van der Waals surface area (Å²) >= 11 is 0. The number of nitrogen functional groups attached to an aromatic ring is 2. The molecule has 8 nitrogen and oxygen atoms in total. The van der Waals surface area contributed by atoms with E-state index in [-0.39, 0.29) is 11.5 Å². The van der Waals surface area contributed by atoms with E-state index in [9.17, 15) is 4.79 Å². The molecule has 160 valence electrons. The van der Waals surface area contributed by atoms with Gasteiger partial charge < -0.3 is 22.5 Å². The Balaban J connectivity index is 1.57. The first-order valence-electron chi connectivity index (χ1n) is 10.1. The Morgan fingerprint density at radius 1 is 0.906 bits per heavy atom. The maximum atomic E-state index is 12.9. The van der Waals surface area contributed by atoms with Crippen LogP contribution in [-0.4, -0.2) is 27.4 Å². The van der Waals surface area contributed by atoms with Crippen molar-refractivity contribution in [2.75, 3.05) is 23.3 Å². The summed E-state index contributed by atoms with van der Waals surface area (Å²) in [6.45, 7) is 0.582. The number of nitrogens with zero attached hydrogens (tertiary/aromatic N) is 3. The summed E-state index contributed by atoms with van der Waals surface area (Å²) in [7, 11) is 0. The molecule has 0 fully saturated rings. The highest BCUT2D eigenvalue weighted by Crippen LogP contribution is 2.24. The topological polar surface area (TPSA) is 146 Å². The van der Waals surface area contributed by atoms with Crippen LogP contribution in [0, 0.1) is 0 Å². The van der Waals surface area contributed by atoms with E-state index in [4.69, 9.17) is 17.2 Å². The van der Waals surface area contributed by atoms with Crippen LogP contribution in [0.15, 0.2) is 73.2 Å². The molecule has 0 aliphatic carbocycles. The largest absolute Gasteiger partial charge is 0.399 e. The van der Waals surface area contributed by atoms with Gasteiger partial charge in [0.25, 0.3) is 5.91 Å². The average Bonchev–Trinajstić information content (AvgIpc) is 2.80. The lowest BCUT2D eigenvalue weighted by Gasteiger charge is -2.10. The lowest BCUT2D eigenvalue weighted by atomic mass is 10.1. The molecule has 1 amide bonds. The van der Waals surface area contributed by atoms with Gasteiger partial charge in [0.15, 0.2) is 11.5 Å². The molecule has 2 heterocycles. The van der Waals surface area contributed by atoms with Gasteiger partial charge in [-0.05, 0) is 42.3 Å². The summed E-state index contributed by atoms with van der Waals surface area (Å²) < 4.78 is 0. The zero-order chi connectivity index (χ0) is 22.5. The Labute approximate surface area is 185 Å². The maximum absolute atomic E-state index is 12.9. The van der Waals surface area contributed by atoms with E-state index in [1.807, 2.05) is 54.6 Å². The predicted molar refractivity (Wildman–Crippen MR) is 127 cm³/mol. The molecule has 0 saturated carbocycles. The van der Waals surface area contributed by atoms with Crippen molar-refractivity contribution in [2.24, 2.45) is 5.73 Å². The molecule has 4 rings (SSSR count). The third-order valence-electron chi connectivity index (χ3n) is 4.91. The molecule has 4 aromatic rings. The lowest BCUT2D eigenvalue weighted by Crippen LogP contribution is -2.17. The van der Waals surface area contributed by atoms with E-state index in [2.05, 4.69) is 20.3 Å². The van der Waals surface area contributed by atoms with Gasteiger partial charge in [-0.2, -0.15) is 0 Å². The highest BCUT2D eigenvalue weighted by Gasteiger charge is 2.16. The van der Waals surface area contributed by atoms with Crippen LogP contribution in [-0.2, 0) is 6.42 Å². The molecule has 2 aromatic carbocycles. The molecule has 32 heavy (non-hydrogen) atoms. The number of pyridine rings is 1. The van der Waals surface area contributed by atoms with Gasteiger partial charge in [0.1, 0.15) is 0 Å². The number of aromatic nitrogens is 3. The highest BCUT2D eigenvalue weighted by atomic mass is 16.1. The van der Waals surface area contributed by atoms with Crippen LogP contribution in [0.2, 0.25) is 0 Å². The minimum Gasteiger partial charge on any atom is -0.399 e. The molecule has 0 spiro atoms. The number of rotatable bonds is 6. The average molecular weight is 425 g/mol. The van der Waals surface area contributed by atoms with Crippen LogP contribution in [0.4, 0.5) is 17.2 Å². The fourth-order valence-corrected chi connectivity index (χ4v) is 3.29. The van der Waals surface area contributed by atoms with Crippen molar-refractivity contribution in [3.63, 3.8) is 0 Å². The molecular weight excluding hydrogens is 402 g/mol. The number of nitrogens with one attached hydrogen (secondary N) is 1. The SMILES string of the molecule is NCCc1ccc(-c2cnc(N)c(C(=O)Nc3cncc(-c4cccc(N)c4)c3)n2)cc1. The standard InChI is InChI=1S/C24H23N7O/c25-9-8-15-4-6-16(7-5-15)21-14-29-23(27)22(31-21)24(32)30-20-11-18(12-28-13-20)17-2-1-3-19(26)10-17/h1-7,10-14H,8-9,25-26H2,(H2,27,29)(H,30,32). The number of benzene rings is 2. The first kappa shape index (κ1) is 21.0. The monoisotopic (exact) mass is 425 g/mol. The number of hydrogen-bond acceptors (Lipinski definition) is 7. The fourth-order valence-electron chi connectivity index (χ4n) is 3.29. The van der Waals surface area contributed by atoms with Gasteiger partial charge >= 0.3 is 0 Å². The van der Waals surface area contributed by atoms with Crippen molar-refractivity contribution in [1.29, 1.82) is 0 Å². The van der Waals surface area contributed by atoms with Gasteiger partial charge in [0, 0.05) is 23.0 Å². The van der Waals surface area contributed by atoms with E-state index < -0.39 is 5.91 Å². The Kier molecular flexibility index (Phi) is 6.05.